The fourth-order valence-corrected chi connectivity index (χ4v) is 7.39. The van der Waals surface area contributed by atoms with Gasteiger partial charge in [-0.25, -0.2) is 9.59 Å². The van der Waals surface area contributed by atoms with E-state index in [4.69, 9.17) is 14.2 Å². The second-order valence-electron chi connectivity index (χ2n) is 14.8. The van der Waals surface area contributed by atoms with Crippen molar-refractivity contribution in [2.24, 2.45) is 5.92 Å². The number of para-hydroxylation sites is 2. The number of aromatic carboxylic acids is 1. The molecule has 1 atom stereocenters. The first kappa shape index (κ1) is 35.7. The molecule has 1 saturated carbocycles. The number of carbonyl (C=O) groups is 3. The van der Waals surface area contributed by atoms with Crippen LogP contribution in [0.3, 0.4) is 0 Å². The summed E-state index contributed by atoms with van der Waals surface area (Å²) in [7, 11) is 0. The fraction of sp³-hybridized carbons (Fsp3) is 0.372. The van der Waals surface area contributed by atoms with Crippen LogP contribution in [0.25, 0.3) is 0 Å². The van der Waals surface area contributed by atoms with Crippen LogP contribution in [0, 0.1) is 5.92 Å². The molecule has 0 radical (unpaired) electrons. The van der Waals surface area contributed by atoms with Crippen molar-refractivity contribution >= 4 is 23.7 Å². The Bertz CT molecular complexity index is 1810. The molecule has 1 unspecified atom stereocenters. The van der Waals surface area contributed by atoms with Gasteiger partial charge in [0, 0.05) is 29.2 Å². The highest BCUT2D eigenvalue weighted by atomic mass is 16.7. The van der Waals surface area contributed by atoms with E-state index in [0.29, 0.717) is 18.8 Å². The van der Waals surface area contributed by atoms with Gasteiger partial charge in [0.05, 0.1) is 5.56 Å². The molecule has 2 aliphatic rings. The molecule has 266 valence electrons. The van der Waals surface area contributed by atoms with E-state index >= 15 is 0 Å². The van der Waals surface area contributed by atoms with Crippen molar-refractivity contribution in [3.05, 3.63) is 119 Å². The third kappa shape index (κ3) is 9.17. The maximum Gasteiger partial charge on any atom is 0.514 e. The number of fused-ring (bicyclic) bond motifs is 2. The highest BCUT2D eigenvalue weighted by Gasteiger charge is 2.30. The number of nitrogens with one attached hydrogen (secondary N) is 1. The molecule has 1 amide bonds. The number of ether oxygens (including phenoxy) is 3. The number of amides is 1. The Morgan fingerprint density at radius 1 is 0.863 bits per heavy atom. The lowest BCUT2D eigenvalue weighted by Gasteiger charge is -2.28. The molecule has 0 bridgehead atoms. The summed E-state index contributed by atoms with van der Waals surface area (Å²) in [6.45, 7) is 6.41. The first-order valence-corrected chi connectivity index (χ1v) is 18.0. The third-order valence-electron chi connectivity index (χ3n) is 10.0. The number of rotatable bonds is 11. The molecule has 6 rings (SSSR count). The standard InChI is InChI=1S/C43H47NO7/c1-43(2,3)36-24-18-29(26-37(36)44-40(45)27-35-33-13-7-9-15-38(33)51-39-16-10-8-14-34(35)39)17-21-32(25-28-11-5-4-6-12-28)50-42(48)49-31-22-19-30(20-23-31)41(46)47/h7-10,13-16,18-20,22-24,26,28,32,35H,4-6,11-12,17,21,25,27H2,1-3H3,(H,44,45)(H,46,47). The van der Waals surface area contributed by atoms with Crippen LogP contribution in [0.1, 0.15) is 111 Å². The Morgan fingerprint density at radius 2 is 1.51 bits per heavy atom. The first-order valence-electron chi connectivity index (χ1n) is 18.0. The van der Waals surface area contributed by atoms with Gasteiger partial charge in [0.25, 0.3) is 0 Å². The van der Waals surface area contributed by atoms with Gasteiger partial charge in [-0.3, -0.25) is 4.79 Å². The molecule has 4 aromatic rings. The highest BCUT2D eigenvalue weighted by molar-refractivity contribution is 5.93. The van der Waals surface area contributed by atoms with Crippen LogP contribution in [0.5, 0.6) is 17.2 Å². The van der Waals surface area contributed by atoms with E-state index in [1.807, 2.05) is 48.5 Å². The van der Waals surface area contributed by atoms with Crippen LogP contribution in [0.4, 0.5) is 10.5 Å². The lowest BCUT2D eigenvalue weighted by atomic mass is 9.83. The van der Waals surface area contributed by atoms with E-state index in [2.05, 4.69) is 44.3 Å². The number of aryl methyl sites for hydroxylation is 1. The summed E-state index contributed by atoms with van der Waals surface area (Å²) in [5.41, 5.74) is 4.76. The largest absolute Gasteiger partial charge is 0.514 e. The van der Waals surface area contributed by atoms with Crippen molar-refractivity contribution in [1.29, 1.82) is 0 Å². The zero-order valence-electron chi connectivity index (χ0n) is 29.7. The molecule has 51 heavy (non-hydrogen) atoms. The van der Waals surface area contributed by atoms with E-state index < -0.39 is 12.1 Å². The molecule has 8 heteroatoms. The number of carboxylic acids is 1. The number of carboxylic acid groups (broad SMARTS) is 1. The number of hydrogen-bond donors (Lipinski definition) is 2. The fourth-order valence-electron chi connectivity index (χ4n) is 7.39. The Balaban J connectivity index is 1.16. The Kier molecular flexibility index (Phi) is 11.1. The molecule has 1 fully saturated rings. The minimum atomic E-state index is -1.05. The Hall–Kier alpha value is -5.11. The van der Waals surface area contributed by atoms with Crippen molar-refractivity contribution in [2.75, 3.05) is 5.32 Å². The van der Waals surface area contributed by atoms with Crippen LogP contribution >= 0.6 is 0 Å². The molecule has 8 nitrogen and oxygen atoms in total. The van der Waals surface area contributed by atoms with Gasteiger partial charge in [-0.15, -0.1) is 0 Å². The Morgan fingerprint density at radius 3 is 2.14 bits per heavy atom. The second kappa shape index (κ2) is 15.8. The van der Waals surface area contributed by atoms with Crippen molar-refractivity contribution < 1.29 is 33.7 Å². The quantitative estimate of drug-likeness (QED) is 0.119. The maximum atomic E-state index is 13.8. The number of anilines is 1. The topological polar surface area (TPSA) is 111 Å². The molecule has 1 aliphatic heterocycles. The summed E-state index contributed by atoms with van der Waals surface area (Å²) in [6, 6.07) is 27.7. The molecule has 4 aromatic carbocycles. The molecule has 2 N–H and O–H groups in total. The smallest absolute Gasteiger partial charge is 0.478 e. The zero-order valence-corrected chi connectivity index (χ0v) is 29.7. The first-order chi connectivity index (χ1) is 24.5. The van der Waals surface area contributed by atoms with Crippen molar-refractivity contribution in [1.82, 2.24) is 0 Å². The SMILES string of the molecule is CC(C)(C)c1ccc(CCC(CC2CCCCC2)OC(=O)Oc2ccc(C(=O)O)cc2)cc1NC(=O)CC1c2ccccc2Oc2ccccc21. The summed E-state index contributed by atoms with van der Waals surface area (Å²) in [6.07, 6.45) is 6.94. The van der Waals surface area contributed by atoms with Crippen LogP contribution < -0.4 is 14.8 Å². The van der Waals surface area contributed by atoms with Crippen LogP contribution in [-0.4, -0.2) is 29.2 Å². The minimum absolute atomic E-state index is 0.0770. The van der Waals surface area contributed by atoms with Crippen molar-refractivity contribution in [3.8, 4) is 17.2 Å². The van der Waals surface area contributed by atoms with Gasteiger partial charge in [0.15, 0.2) is 0 Å². The van der Waals surface area contributed by atoms with E-state index in [1.54, 1.807) is 0 Å². The van der Waals surface area contributed by atoms with Crippen molar-refractivity contribution in [3.63, 3.8) is 0 Å². The summed E-state index contributed by atoms with van der Waals surface area (Å²) >= 11 is 0. The van der Waals surface area contributed by atoms with Crippen LogP contribution in [0.2, 0.25) is 0 Å². The van der Waals surface area contributed by atoms with E-state index in [0.717, 1.165) is 58.7 Å². The molecular formula is C43H47NO7. The Labute approximate surface area is 300 Å². The van der Waals surface area contributed by atoms with E-state index in [-0.39, 0.29) is 41.1 Å². The minimum Gasteiger partial charge on any atom is -0.478 e. The van der Waals surface area contributed by atoms with Crippen molar-refractivity contribution in [2.45, 2.75) is 96.0 Å². The van der Waals surface area contributed by atoms with E-state index in [9.17, 15) is 19.5 Å². The molecule has 0 saturated heterocycles. The lowest BCUT2D eigenvalue weighted by molar-refractivity contribution is -0.116. The summed E-state index contributed by atoms with van der Waals surface area (Å²) in [5, 5.41) is 12.4. The molecule has 1 aliphatic carbocycles. The third-order valence-corrected chi connectivity index (χ3v) is 10.0. The summed E-state index contributed by atoms with van der Waals surface area (Å²) in [4.78, 5) is 38.0. The lowest BCUT2D eigenvalue weighted by Crippen LogP contribution is -2.25. The van der Waals surface area contributed by atoms with Gasteiger partial charge >= 0.3 is 12.1 Å². The van der Waals surface area contributed by atoms with Gasteiger partial charge in [-0.2, -0.15) is 0 Å². The molecule has 0 aromatic heterocycles. The van der Waals surface area contributed by atoms with Gasteiger partial charge in [0.2, 0.25) is 5.91 Å². The molecular weight excluding hydrogens is 642 g/mol. The summed E-state index contributed by atoms with van der Waals surface area (Å²) < 4.78 is 17.5. The van der Waals surface area contributed by atoms with Crippen LogP contribution in [-0.2, 0) is 21.4 Å². The second-order valence-corrected chi connectivity index (χ2v) is 14.8. The molecule has 0 spiro atoms. The highest BCUT2D eigenvalue weighted by Crippen LogP contribution is 2.45. The number of carbonyl (C=O) groups excluding carboxylic acids is 2. The predicted octanol–water partition coefficient (Wildman–Crippen LogP) is 10.4. The normalized spacial score (nSPS) is 15.1. The monoisotopic (exact) mass is 689 g/mol. The van der Waals surface area contributed by atoms with E-state index in [1.165, 1.54) is 43.5 Å². The average molecular weight is 690 g/mol. The van der Waals surface area contributed by atoms with Gasteiger partial charge in [-0.05, 0) is 84.2 Å². The van der Waals surface area contributed by atoms with Gasteiger partial charge in [0.1, 0.15) is 23.4 Å². The summed E-state index contributed by atoms with van der Waals surface area (Å²) in [5.74, 6) is 0.988. The van der Waals surface area contributed by atoms with Gasteiger partial charge in [-0.1, -0.05) is 101 Å². The maximum absolute atomic E-state index is 13.8. The zero-order chi connectivity index (χ0) is 36.0. The predicted molar refractivity (Wildman–Crippen MR) is 197 cm³/mol. The van der Waals surface area contributed by atoms with Crippen LogP contribution in [0.15, 0.2) is 91.0 Å². The number of hydrogen-bond acceptors (Lipinski definition) is 6. The number of benzene rings is 4. The average Bonchev–Trinajstić information content (AvgIpc) is 3.10. The molecule has 1 heterocycles. The van der Waals surface area contributed by atoms with Gasteiger partial charge < -0.3 is 24.6 Å².